The molecule has 1 atom stereocenters. The Kier molecular flexibility index (Phi) is 4.42. The maximum atomic E-state index is 12.2. The first-order chi connectivity index (χ1) is 8.61. The summed E-state index contributed by atoms with van der Waals surface area (Å²) in [5, 5.41) is 8.96. The third kappa shape index (κ3) is 2.93. The van der Waals surface area contributed by atoms with Crippen molar-refractivity contribution in [3.05, 3.63) is 22.4 Å². The zero-order chi connectivity index (χ0) is 13.1. The van der Waals surface area contributed by atoms with Gasteiger partial charge in [-0.25, -0.2) is 0 Å². The molecule has 1 saturated heterocycles. The molecule has 18 heavy (non-hydrogen) atoms. The van der Waals surface area contributed by atoms with E-state index in [2.05, 4.69) is 32.7 Å². The van der Waals surface area contributed by atoms with Gasteiger partial charge in [0.25, 0.3) is 5.91 Å². The van der Waals surface area contributed by atoms with Crippen molar-refractivity contribution in [3.63, 3.8) is 0 Å². The van der Waals surface area contributed by atoms with E-state index in [0.29, 0.717) is 25.3 Å². The monoisotopic (exact) mass is 315 g/mol. The molecule has 0 aliphatic carbocycles. The summed E-state index contributed by atoms with van der Waals surface area (Å²) in [4.78, 5) is 19.3. The number of nitrogens with one attached hydrogen (secondary N) is 1. The maximum absolute atomic E-state index is 12.2. The summed E-state index contributed by atoms with van der Waals surface area (Å²) in [6, 6.07) is 2.08. The maximum Gasteiger partial charge on any atom is 0.270 e. The summed E-state index contributed by atoms with van der Waals surface area (Å²) in [7, 11) is 0. The second-order valence-corrected chi connectivity index (χ2v) is 5.51. The fourth-order valence-corrected chi connectivity index (χ4v) is 2.65. The van der Waals surface area contributed by atoms with Crippen molar-refractivity contribution in [1.29, 1.82) is 0 Å². The van der Waals surface area contributed by atoms with Crippen molar-refractivity contribution >= 4 is 21.8 Å². The van der Waals surface area contributed by atoms with Gasteiger partial charge in [0.2, 0.25) is 0 Å². The molecule has 2 heterocycles. The highest BCUT2D eigenvalue weighted by Crippen LogP contribution is 2.15. The molecule has 6 heteroatoms. The van der Waals surface area contributed by atoms with Crippen molar-refractivity contribution in [3.8, 4) is 0 Å². The first kappa shape index (κ1) is 13.6. The second-order valence-electron chi connectivity index (χ2n) is 4.59. The standard InChI is InChI=1S/C12H18BrN3O2/c1-9-8-16(3-2-15(9)4-5-17)12(18)11-6-10(13)7-14-11/h6-7,9,14,17H,2-5,8H2,1H3/t9-/m0/s1. The van der Waals surface area contributed by atoms with E-state index in [1.165, 1.54) is 0 Å². The van der Waals surface area contributed by atoms with Crippen LogP contribution in [0, 0.1) is 0 Å². The van der Waals surface area contributed by atoms with Gasteiger partial charge in [-0.15, -0.1) is 0 Å². The number of aliphatic hydroxyl groups excluding tert-OH is 1. The zero-order valence-electron chi connectivity index (χ0n) is 10.4. The van der Waals surface area contributed by atoms with Crippen LogP contribution in [0.3, 0.4) is 0 Å². The molecule has 1 aromatic heterocycles. The van der Waals surface area contributed by atoms with Gasteiger partial charge in [0.15, 0.2) is 0 Å². The Balaban J connectivity index is 1.98. The molecule has 1 amide bonds. The quantitative estimate of drug-likeness (QED) is 0.872. The number of hydrogen-bond donors (Lipinski definition) is 2. The van der Waals surface area contributed by atoms with Gasteiger partial charge in [-0.3, -0.25) is 9.69 Å². The fraction of sp³-hybridized carbons (Fsp3) is 0.583. The van der Waals surface area contributed by atoms with Gasteiger partial charge in [0.1, 0.15) is 5.69 Å². The Bertz CT molecular complexity index is 421. The van der Waals surface area contributed by atoms with E-state index in [9.17, 15) is 4.79 Å². The third-order valence-electron chi connectivity index (χ3n) is 3.32. The summed E-state index contributed by atoms with van der Waals surface area (Å²) in [5.41, 5.74) is 0.615. The van der Waals surface area contributed by atoms with Crippen LogP contribution in [0.1, 0.15) is 17.4 Å². The van der Waals surface area contributed by atoms with Crippen LogP contribution in [0.25, 0.3) is 0 Å². The van der Waals surface area contributed by atoms with E-state index >= 15 is 0 Å². The van der Waals surface area contributed by atoms with Crippen molar-refractivity contribution < 1.29 is 9.90 Å². The van der Waals surface area contributed by atoms with Crippen molar-refractivity contribution in [2.75, 3.05) is 32.8 Å². The molecule has 1 aliphatic rings. The fourth-order valence-electron chi connectivity index (χ4n) is 2.30. The van der Waals surface area contributed by atoms with Gasteiger partial charge in [0.05, 0.1) is 6.61 Å². The van der Waals surface area contributed by atoms with Crippen LogP contribution in [0.4, 0.5) is 0 Å². The third-order valence-corrected chi connectivity index (χ3v) is 3.78. The lowest BCUT2D eigenvalue weighted by molar-refractivity contribution is 0.0466. The van der Waals surface area contributed by atoms with Gasteiger partial charge in [-0.1, -0.05) is 0 Å². The summed E-state index contributed by atoms with van der Waals surface area (Å²) in [5.74, 6) is 0.0381. The summed E-state index contributed by atoms with van der Waals surface area (Å²) >= 11 is 3.33. The van der Waals surface area contributed by atoms with Crippen LogP contribution in [-0.4, -0.2) is 64.6 Å². The molecule has 100 valence electrons. The number of piperazine rings is 1. The van der Waals surface area contributed by atoms with Crippen LogP contribution >= 0.6 is 15.9 Å². The van der Waals surface area contributed by atoms with E-state index in [0.717, 1.165) is 11.0 Å². The molecular formula is C12H18BrN3O2. The molecule has 1 aliphatic heterocycles. The molecule has 0 radical (unpaired) electrons. The van der Waals surface area contributed by atoms with E-state index in [4.69, 9.17) is 5.11 Å². The van der Waals surface area contributed by atoms with E-state index in [1.807, 2.05) is 4.90 Å². The first-order valence-electron chi connectivity index (χ1n) is 6.10. The predicted octanol–water partition coefficient (Wildman–Crippen LogP) is 0.916. The number of aromatic amines is 1. The molecule has 2 N–H and O–H groups in total. The molecule has 2 rings (SSSR count). The number of carbonyl (C=O) groups excluding carboxylic acids is 1. The van der Waals surface area contributed by atoms with Crippen LogP contribution < -0.4 is 0 Å². The van der Waals surface area contributed by atoms with Crippen molar-refractivity contribution in [2.45, 2.75) is 13.0 Å². The van der Waals surface area contributed by atoms with Gasteiger partial charge in [-0.2, -0.15) is 0 Å². The summed E-state index contributed by atoms with van der Waals surface area (Å²) < 4.78 is 0.887. The number of aliphatic hydroxyl groups is 1. The minimum absolute atomic E-state index is 0.0381. The highest BCUT2D eigenvalue weighted by atomic mass is 79.9. The minimum atomic E-state index is 0.0381. The van der Waals surface area contributed by atoms with E-state index < -0.39 is 0 Å². The number of nitrogens with zero attached hydrogens (tertiary/aromatic N) is 2. The van der Waals surface area contributed by atoms with Crippen LogP contribution in [0.2, 0.25) is 0 Å². The predicted molar refractivity (Wildman–Crippen MR) is 72.5 cm³/mol. The first-order valence-corrected chi connectivity index (χ1v) is 6.89. The number of halogens is 1. The van der Waals surface area contributed by atoms with Gasteiger partial charge in [-0.05, 0) is 28.9 Å². The number of β-amino-alcohol motifs (C(OH)–C–C–N with tert-alkyl or cyclic N) is 1. The Morgan fingerprint density at radius 2 is 2.39 bits per heavy atom. The molecule has 0 aromatic carbocycles. The Morgan fingerprint density at radius 1 is 1.61 bits per heavy atom. The van der Waals surface area contributed by atoms with Crippen LogP contribution in [0.15, 0.2) is 16.7 Å². The molecule has 0 spiro atoms. The highest BCUT2D eigenvalue weighted by molar-refractivity contribution is 9.10. The second kappa shape index (κ2) is 5.86. The largest absolute Gasteiger partial charge is 0.395 e. The number of amides is 1. The number of carbonyl (C=O) groups is 1. The smallest absolute Gasteiger partial charge is 0.270 e. The SMILES string of the molecule is C[C@H]1CN(C(=O)c2cc(Br)c[nH]2)CCN1CCO. The van der Waals surface area contributed by atoms with E-state index in [-0.39, 0.29) is 18.6 Å². The number of rotatable bonds is 3. The minimum Gasteiger partial charge on any atom is -0.395 e. The van der Waals surface area contributed by atoms with Crippen LogP contribution in [-0.2, 0) is 0 Å². The average molecular weight is 316 g/mol. The highest BCUT2D eigenvalue weighted by Gasteiger charge is 2.27. The average Bonchev–Trinajstić information content (AvgIpc) is 2.78. The number of hydrogen-bond acceptors (Lipinski definition) is 3. The van der Waals surface area contributed by atoms with Gasteiger partial charge < -0.3 is 15.0 Å². The molecule has 0 saturated carbocycles. The molecule has 1 fully saturated rings. The summed E-state index contributed by atoms with van der Waals surface area (Å²) in [6.07, 6.45) is 1.76. The molecule has 1 aromatic rings. The van der Waals surface area contributed by atoms with Crippen LogP contribution in [0.5, 0.6) is 0 Å². The van der Waals surface area contributed by atoms with Crippen molar-refractivity contribution in [2.24, 2.45) is 0 Å². The van der Waals surface area contributed by atoms with Gasteiger partial charge >= 0.3 is 0 Å². The molecule has 0 unspecified atom stereocenters. The lowest BCUT2D eigenvalue weighted by atomic mass is 10.2. The lowest BCUT2D eigenvalue weighted by Gasteiger charge is -2.39. The van der Waals surface area contributed by atoms with E-state index in [1.54, 1.807) is 12.3 Å². The molecule has 5 nitrogen and oxygen atoms in total. The number of aromatic nitrogens is 1. The normalized spacial score (nSPS) is 21.3. The lowest BCUT2D eigenvalue weighted by Crippen LogP contribution is -2.54. The summed E-state index contributed by atoms with van der Waals surface area (Å²) in [6.45, 7) is 5.16. The van der Waals surface area contributed by atoms with Crippen molar-refractivity contribution in [1.82, 2.24) is 14.8 Å². The Labute approximate surface area is 115 Å². The number of H-pyrrole nitrogens is 1. The Hall–Kier alpha value is -0.850. The Morgan fingerprint density at radius 3 is 2.94 bits per heavy atom. The molecular weight excluding hydrogens is 298 g/mol. The van der Waals surface area contributed by atoms with Gasteiger partial charge in [0, 0.05) is 42.9 Å². The zero-order valence-corrected chi connectivity index (χ0v) is 12.0. The molecule has 0 bridgehead atoms. The topological polar surface area (TPSA) is 59.6 Å².